The van der Waals surface area contributed by atoms with E-state index in [1.807, 2.05) is 24.3 Å². The van der Waals surface area contributed by atoms with Gasteiger partial charge in [-0.2, -0.15) is 0 Å². The summed E-state index contributed by atoms with van der Waals surface area (Å²) in [5.41, 5.74) is 3.40. The molecule has 0 aliphatic heterocycles. The molecule has 2 rings (SSSR count). The van der Waals surface area contributed by atoms with E-state index in [1.54, 1.807) is 24.3 Å². The molecule has 0 amide bonds. The van der Waals surface area contributed by atoms with Gasteiger partial charge in [0, 0.05) is 5.41 Å². The lowest BCUT2D eigenvalue weighted by molar-refractivity contribution is 0.464. The molecule has 120 valence electrons. The van der Waals surface area contributed by atoms with Crippen LogP contribution in [0, 0.1) is 0 Å². The van der Waals surface area contributed by atoms with Gasteiger partial charge in [0.15, 0.2) is 0 Å². The second-order valence-electron chi connectivity index (χ2n) is 6.30. The summed E-state index contributed by atoms with van der Waals surface area (Å²) >= 11 is 0. The average molecular weight is 308 g/mol. The lowest BCUT2D eigenvalue weighted by Gasteiger charge is -2.27. The monoisotopic (exact) mass is 308 g/mol. The summed E-state index contributed by atoms with van der Waals surface area (Å²) in [6, 6.07) is 11.5. The minimum atomic E-state index is -0.325. The Morgan fingerprint density at radius 1 is 0.826 bits per heavy atom. The van der Waals surface area contributed by atoms with Crippen LogP contribution in [0.1, 0.15) is 36.1 Å². The molecule has 2 N–H and O–H groups in total. The van der Waals surface area contributed by atoms with Crippen LogP contribution in [0.4, 0.5) is 0 Å². The van der Waals surface area contributed by atoms with Crippen LogP contribution in [0.5, 0.6) is 11.5 Å². The first kappa shape index (κ1) is 16.9. The summed E-state index contributed by atoms with van der Waals surface area (Å²) in [6.45, 7) is 11.6. The summed E-state index contributed by atoms with van der Waals surface area (Å²) in [5, 5.41) is 20.4. The molecule has 0 spiro atoms. The molecule has 0 atom stereocenters. The highest BCUT2D eigenvalue weighted by Crippen LogP contribution is 2.36. The molecule has 0 aliphatic carbocycles. The van der Waals surface area contributed by atoms with Gasteiger partial charge in [-0.25, -0.2) is 0 Å². The lowest BCUT2D eigenvalue weighted by Crippen LogP contribution is -2.19. The molecule has 0 fully saturated rings. The Morgan fingerprint density at radius 2 is 1.22 bits per heavy atom. The highest BCUT2D eigenvalue weighted by atomic mass is 16.3. The zero-order valence-electron chi connectivity index (χ0n) is 13.8. The fourth-order valence-corrected chi connectivity index (χ4v) is 2.73. The van der Waals surface area contributed by atoms with Gasteiger partial charge in [0.05, 0.1) is 0 Å². The van der Waals surface area contributed by atoms with Crippen molar-refractivity contribution in [3.8, 4) is 11.5 Å². The van der Waals surface area contributed by atoms with Gasteiger partial charge in [0.2, 0.25) is 0 Å². The molecule has 0 bridgehead atoms. The summed E-state index contributed by atoms with van der Waals surface area (Å²) in [6.07, 6.45) is 4.83. The van der Waals surface area contributed by atoms with Crippen LogP contribution in [0.3, 0.4) is 0 Å². The van der Waals surface area contributed by atoms with Gasteiger partial charge in [-0.05, 0) is 47.2 Å². The minimum absolute atomic E-state index is 0.281. The number of rotatable bonds is 6. The zero-order valence-corrected chi connectivity index (χ0v) is 13.8. The van der Waals surface area contributed by atoms with E-state index in [2.05, 4.69) is 27.0 Å². The molecule has 0 saturated heterocycles. The first-order valence-electron chi connectivity index (χ1n) is 7.76. The number of aromatic hydroxyl groups is 2. The number of allylic oxidation sites excluding steroid dienone is 2. The first-order valence-corrected chi connectivity index (χ1v) is 7.76. The number of phenolic OH excluding ortho intramolecular Hbond substituents is 2. The van der Waals surface area contributed by atoms with E-state index < -0.39 is 0 Å². The Morgan fingerprint density at radius 3 is 1.52 bits per heavy atom. The lowest BCUT2D eigenvalue weighted by atomic mass is 9.77. The quantitative estimate of drug-likeness (QED) is 0.747. The van der Waals surface area contributed by atoms with Crippen LogP contribution in [0.2, 0.25) is 0 Å². The van der Waals surface area contributed by atoms with Crippen LogP contribution < -0.4 is 0 Å². The van der Waals surface area contributed by atoms with Crippen molar-refractivity contribution in [2.75, 3.05) is 0 Å². The third kappa shape index (κ3) is 3.48. The molecular formula is C21H24O2. The maximum absolute atomic E-state index is 10.2. The van der Waals surface area contributed by atoms with Crippen molar-refractivity contribution in [3.05, 3.63) is 84.0 Å². The molecule has 2 aromatic rings. The van der Waals surface area contributed by atoms with Crippen molar-refractivity contribution in [3.63, 3.8) is 0 Å². The average Bonchev–Trinajstić information content (AvgIpc) is 2.51. The van der Waals surface area contributed by atoms with Gasteiger partial charge in [0.25, 0.3) is 0 Å². The van der Waals surface area contributed by atoms with Crippen LogP contribution in [0.25, 0.3) is 0 Å². The number of phenols is 2. The van der Waals surface area contributed by atoms with E-state index >= 15 is 0 Å². The summed E-state index contributed by atoms with van der Waals surface area (Å²) in [7, 11) is 0. The maximum atomic E-state index is 10.2. The third-order valence-electron chi connectivity index (χ3n) is 4.34. The van der Waals surface area contributed by atoms with E-state index in [4.69, 9.17) is 0 Å². The van der Waals surface area contributed by atoms with E-state index in [-0.39, 0.29) is 16.9 Å². The molecular weight excluding hydrogens is 284 g/mol. The molecule has 0 unspecified atom stereocenters. The Hall–Kier alpha value is -2.48. The Bertz CT molecular complexity index is 665. The molecule has 2 aromatic carbocycles. The van der Waals surface area contributed by atoms with Crippen LogP contribution in [-0.2, 0) is 18.3 Å². The number of hydrogen-bond acceptors (Lipinski definition) is 2. The van der Waals surface area contributed by atoms with Crippen molar-refractivity contribution < 1.29 is 10.2 Å². The minimum Gasteiger partial charge on any atom is -0.508 e. The maximum Gasteiger partial charge on any atom is 0.119 e. The molecule has 0 heterocycles. The molecule has 0 radical (unpaired) electrons. The third-order valence-corrected chi connectivity index (χ3v) is 4.34. The molecule has 0 aromatic heterocycles. The largest absolute Gasteiger partial charge is 0.508 e. The second kappa shape index (κ2) is 6.74. The van der Waals surface area contributed by atoms with Gasteiger partial charge in [-0.15, -0.1) is 13.2 Å². The van der Waals surface area contributed by atoms with Crippen molar-refractivity contribution in [2.24, 2.45) is 0 Å². The van der Waals surface area contributed by atoms with E-state index in [9.17, 15) is 10.2 Å². The summed E-state index contributed by atoms with van der Waals surface area (Å²) < 4.78 is 0. The van der Waals surface area contributed by atoms with E-state index in [1.165, 1.54) is 0 Å². The standard InChI is InChI=1S/C21H24O2/c1-5-7-15-9-11-17(13-19(15)22)21(3,4)18-12-10-16(8-6-2)20(23)14-18/h5-6,9-14,22-23H,1-2,7-8H2,3-4H3. The van der Waals surface area contributed by atoms with Crippen LogP contribution in [-0.4, -0.2) is 10.2 Å². The van der Waals surface area contributed by atoms with Gasteiger partial charge in [0.1, 0.15) is 11.5 Å². The van der Waals surface area contributed by atoms with Gasteiger partial charge >= 0.3 is 0 Å². The van der Waals surface area contributed by atoms with Crippen LogP contribution in [0.15, 0.2) is 61.7 Å². The first-order chi connectivity index (χ1) is 10.9. The molecule has 23 heavy (non-hydrogen) atoms. The van der Waals surface area contributed by atoms with E-state index in [0.717, 1.165) is 22.3 Å². The van der Waals surface area contributed by atoms with Crippen molar-refractivity contribution >= 4 is 0 Å². The van der Waals surface area contributed by atoms with Crippen molar-refractivity contribution in [2.45, 2.75) is 32.1 Å². The highest BCUT2D eigenvalue weighted by molar-refractivity contribution is 5.48. The Balaban J connectivity index is 2.41. The van der Waals surface area contributed by atoms with Crippen LogP contribution >= 0.6 is 0 Å². The zero-order chi connectivity index (χ0) is 17.0. The van der Waals surface area contributed by atoms with Crippen molar-refractivity contribution in [1.82, 2.24) is 0 Å². The topological polar surface area (TPSA) is 40.5 Å². The fraction of sp³-hybridized carbons (Fsp3) is 0.238. The summed E-state index contributed by atoms with van der Waals surface area (Å²) in [4.78, 5) is 0. The smallest absolute Gasteiger partial charge is 0.119 e. The Kier molecular flexibility index (Phi) is 4.95. The van der Waals surface area contributed by atoms with E-state index in [0.29, 0.717) is 12.8 Å². The predicted octanol–water partition coefficient (Wildman–Crippen LogP) is 4.88. The SMILES string of the molecule is C=CCc1ccc(C(C)(C)c2ccc(CC=C)c(O)c2)cc1O. The molecule has 0 saturated carbocycles. The second-order valence-corrected chi connectivity index (χ2v) is 6.30. The predicted molar refractivity (Wildman–Crippen MR) is 96.1 cm³/mol. The van der Waals surface area contributed by atoms with Gasteiger partial charge < -0.3 is 10.2 Å². The fourth-order valence-electron chi connectivity index (χ4n) is 2.73. The van der Waals surface area contributed by atoms with Crippen molar-refractivity contribution in [1.29, 1.82) is 0 Å². The normalized spacial score (nSPS) is 11.2. The number of hydrogen-bond donors (Lipinski definition) is 2. The highest BCUT2D eigenvalue weighted by Gasteiger charge is 2.25. The number of benzene rings is 2. The molecule has 2 nitrogen and oxygen atoms in total. The van der Waals surface area contributed by atoms with Gasteiger partial charge in [-0.3, -0.25) is 0 Å². The molecule has 2 heteroatoms. The Labute approximate surface area is 138 Å². The summed E-state index contributed by atoms with van der Waals surface area (Å²) in [5.74, 6) is 0.561. The van der Waals surface area contributed by atoms with Gasteiger partial charge in [-0.1, -0.05) is 50.3 Å². The molecule has 0 aliphatic rings.